The third-order valence-electron chi connectivity index (χ3n) is 4.54. The number of hydrogen-bond acceptors (Lipinski definition) is 5. The number of rotatable bonds is 10. The van der Waals surface area contributed by atoms with Crippen molar-refractivity contribution < 1.29 is 22.7 Å². The Labute approximate surface area is 202 Å². The van der Waals surface area contributed by atoms with Gasteiger partial charge >= 0.3 is 0 Å². The van der Waals surface area contributed by atoms with Gasteiger partial charge in [-0.1, -0.05) is 29.3 Å². The number of halogens is 2. The van der Waals surface area contributed by atoms with E-state index in [1.165, 1.54) is 37.4 Å². The quantitative estimate of drug-likeness (QED) is 0.410. The van der Waals surface area contributed by atoms with E-state index in [0.717, 1.165) is 4.31 Å². The monoisotopic (exact) mass is 508 g/mol. The van der Waals surface area contributed by atoms with E-state index in [0.29, 0.717) is 21.5 Å². The average Bonchev–Trinajstić information content (AvgIpc) is 2.81. The van der Waals surface area contributed by atoms with Crippen molar-refractivity contribution in [2.45, 2.75) is 4.90 Å². The molecule has 174 valence electrons. The highest BCUT2D eigenvalue weighted by atomic mass is 35.5. The summed E-state index contributed by atoms with van der Waals surface area (Å²) < 4.78 is 38.3. The molecule has 0 atom stereocenters. The lowest BCUT2D eigenvalue weighted by Crippen LogP contribution is -2.41. The molecule has 0 fully saturated rings. The van der Waals surface area contributed by atoms with Gasteiger partial charge in [-0.2, -0.15) is 0 Å². The molecule has 3 aromatic rings. The van der Waals surface area contributed by atoms with Gasteiger partial charge in [0.15, 0.2) is 0 Å². The second kappa shape index (κ2) is 11.3. The lowest BCUT2D eigenvalue weighted by molar-refractivity contribution is -0.119. The molecule has 0 aliphatic carbocycles. The van der Waals surface area contributed by atoms with E-state index in [-0.39, 0.29) is 23.7 Å². The minimum Gasteiger partial charge on any atom is -0.497 e. The fourth-order valence-electron chi connectivity index (χ4n) is 2.90. The van der Waals surface area contributed by atoms with Crippen molar-refractivity contribution in [2.24, 2.45) is 0 Å². The number of anilines is 1. The highest BCUT2D eigenvalue weighted by Crippen LogP contribution is 2.27. The van der Waals surface area contributed by atoms with Crippen LogP contribution in [0.15, 0.2) is 77.7 Å². The summed E-state index contributed by atoms with van der Waals surface area (Å²) in [5, 5.41) is 3.61. The number of amides is 1. The van der Waals surface area contributed by atoms with Crippen LogP contribution in [0.4, 0.5) is 5.69 Å². The molecule has 0 unspecified atom stereocenters. The summed E-state index contributed by atoms with van der Waals surface area (Å²) in [7, 11) is -2.57. The van der Waals surface area contributed by atoms with Crippen molar-refractivity contribution in [3.8, 4) is 11.5 Å². The minimum absolute atomic E-state index is 0.0159. The van der Waals surface area contributed by atoms with E-state index in [9.17, 15) is 13.2 Å². The normalized spacial score (nSPS) is 11.0. The third-order valence-corrected chi connectivity index (χ3v) is 6.81. The minimum atomic E-state index is -4.05. The first-order valence-electron chi connectivity index (χ1n) is 9.87. The second-order valence-electron chi connectivity index (χ2n) is 6.82. The number of sulfonamides is 1. The van der Waals surface area contributed by atoms with Gasteiger partial charge in [0.25, 0.3) is 10.0 Å². The molecule has 1 N–H and O–H groups in total. The van der Waals surface area contributed by atoms with Crippen LogP contribution in [0.25, 0.3) is 0 Å². The molecule has 0 aromatic heterocycles. The van der Waals surface area contributed by atoms with Gasteiger partial charge in [-0.05, 0) is 66.7 Å². The van der Waals surface area contributed by atoms with Crippen LogP contribution in [0.1, 0.15) is 0 Å². The number of carbonyl (C=O) groups is 1. The molecule has 0 aliphatic heterocycles. The summed E-state index contributed by atoms with van der Waals surface area (Å²) in [6, 6.07) is 19.0. The van der Waals surface area contributed by atoms with Crippen molar-refractivity contribution in [3.05, 3.63) is 82.8 Å². The summed E-state index contributed by atoms with van der Waals surface area (Å²) in [4.78, 5) is 12.6. The molecule has 0 bridgehead atoms. The van der Waals surface area contributed by atoms with Crippen LogP contribution in [0.3, 0.4) is 0 Å². The number of methoxy groups -OCH3 is 1. The molecule has 0 radical (unpaired) electrons. The van der Waals surface area contributed by atoms with Gasteiger partial charge in [-0.25, -0.2) is 8.42 Å². The summed E-state index contributed by atoms with van der Waals surface area (Å²) >= 11 is 11.9. The van der Waals surface area contributed by atoms with E-state index in [4.69, 9.17) is 32.7 Å². The number of hydrogen-bond donors (Lipinski definition) is 1. The molecule has 0 spiro atoms. The zero-order valence-corrected chi connectivity index (χ0v) is 20.0. The van der Waals surface area contributed by atoms with Crippen LogP contribution >= 0.6 is 23.2 Å². The average molecular weight is 509 g/mol. The van der Waals surface area contributed by atoms with Crippen molar-refractivity contribution in [3.63, 3.8) is 0 Å². The van der Waals surface area contributed by atoms with E-state index >= 15 is 0 Å². The molecule has 3 aromatic carbocycles. The lowest BCUT2D eigenvalue weighted by atomic mass is 10.3. The molecule has 0 aliphatic rings. The maximum atomic E-state index is 13.3. The van der Waals surface area contributed by atoms with Gasteiger partial charge in [0, 0.05) is 10.0 Å². The summed E-state index contributed by atoms with van der Waals surface area (Å²) in [5.74, 6) is 0.629. The number of nitrogens with one attached hydrogen (secondary N) is 1. The molecular formula is C23H22Cl2N2O5S. The molecule has 0 saturated heterocycles. The summed E-state index contributed by atoms with van der Waals surface area (Å²) in [5.41, 5.74) is 0.269. The molecular weight excluding hydrogens is 487 g/mol. The van der Waals surface area contributed by atoms with E-state index in [1.54, 1.807) is 42.5 Å². The molecule has 0 heterocycles. The Morgan fingerprint density at radius 2 is 1.61 bits per heavy atom. The Balaban J connectivity index is 1.71. The molecule has 33 heavy (non-hydrogen) atoms. The topological polar surface area (TPSA) is 84.9 Å². The van der Waals surface area contributed by atoms with Gasteiger partial charge < -0.3 is 14.8 Å². The van der Waals surface area contributed by atoms with Crippen LogP contribution in [0.5, 0.6) is 11.5 Å². The van der Waals surface area contributed by atoms with E-state index in [2.05, 4.69) is 5.32 Å². The first-order chi connectivity index (χ1) is 15.8. The fraction of sp³-hybridized carbons (Fsp3) is 0.174. The maximum Gasteiger partial charge on any atom is 0.264 e. The molecule has 10 heteroatoms. The smallest absolute Gasteiger partial charge is 0.264 e. The highest BCUT2D eigenvalue weighted by molar-refractivity contribution is 7.92. The Morgan fingerprint density at radius 3 is 2.24 bits per heavy atom. The van der Waals surface area contributed by atoms with Crippen LogP contribution in [-0.4, -0.2) is 41.1 Å². The molecule has 3 rings (SSSR count). The standard InChI is InChI=1S/C23H22Cl2N2O5S/c1-31-20-9-11-22(12-10-20)33(29,30)27(19-4-2-3-18(25)15-19)16-23(28)26-13-14-32-21-7-5-17(24)6-8-21/h2-12,15H,13-14,16H2,1H3,(H,26,28). The number of ether oxygens (including phenoxy) is 2. The number of nitrogens with zero attached hydrogens (tertiary/aromatic N) is 1. The Kier molecular flexibility index (Phi) is 8.43. The van der Waals surface area contributed by atoms with E-state index in [1.807, 2.05) is 0 Å². The first kappa shape index (κ1) is 24.7. The lowest BCUT2D eigenvalue weighted by Gasteiger charge is -2.24. The predicted octanol–water partition coefficient (Wildman–Crippen LogP) is 4.39. The fourth-order valence-corrected chi connectivity index (χ4v) is 4.62. The Bertz CT molecular complexity index is 1190. The van der Waals surface area contributed by atoms with Crippen molar-refractivity contribution in [1.82, 2.24) is 5.32 Å². The number of benzene rings is 3. The van der Waals surface area contributed by atoms with Crippen LogP contribution in [0, 0.1) is 0 Å². The van der Waals surface area contributed by atoms with E-state index < -0.39 is 22.5 Å². The third kappa shape index (κ3) is 6.77. The Morgan fingerprint density at radius 1 is 0.939 bits per heavy atom. The van der Waals surface area contributed by atoms with Crippen molar-refractivity contribution in [1.29, 1.82) is 0 Å². The predicted molar refractivity (Wildman–Crippen MR) is 129 cm³/mol. The van der Waals surface area contributed by atoms with Gasteiger partial charge in [0.2, 0.25) is 5.91 Å². The summed E-state index contributed by atoms with van der Waals surface area (Å²) in [6.07, 6.45) is 0. The van der Waals surface area contributed by atoms with Gasteiger partial charge in [-0.15, -0.1) is 0 Å². The Hall–Kier alpha value is -2.94. The van der Waals surface area contributed by atoms with Crippen LogP contribution in [-0.2, 0) is 14.8 Å². The molecule has 0 saturated carbocycles. The zero-order chi connectivity index (χ0) is 23.8. The van der Waals surface area contributed by atoms with Crippen LogP contribution < -0.4 is 19.1 Å². The molecule has 1 amide bonds. The maximum absolute atomic E-state index is 13.3. The van der Waals surface area contributed by atoms with Gasteiger partial charge in [-0.3, -0.25) is 9.10 Å². The second-order valence-corrected chi connectivity index (χ2v) is 9.55. The van der Waals surface area contributed by atoms with Gasteiger partial charge in [0.05, 0.1) is 24.2 Å². The number of carbonyl (C=O) groups excluding carboxylic acids is 1. The van der Waals surface area contributed by atoms with Crippen molar-refractivity contribution in [2.75, 3.05) is 31.1 Å². The van der Waals surface area contributed by atoms with Crippen LogP contribution in [0.2, 0.25) is 10.0 Å². The largest absolute Gasteiger partial charge is 0.497 e. The first-order valence-corrected chi connectivity index (χ1v) is 12.1. The summed E-state index contributed by atoms with van der Waals surface area (Å²) in [6.45, 7) is -0.0428. The molecule has 7 nitrogen and oxygen atoms in total. The van der Waals surface area contributed by atoms with Crippen molar-refractivity contribution >= 4 is 44.8 Å². The van der Waals surface area contributed by atoms with Gasteiger partial charge in [0.1, 0.15) is 24.7 Å². The highest BCUT2D eigenvalue weighted by Gasteiger charge is 2.27. The SMILES string of the molecule is COc1ccc(S(=O)(=O)N(CC(=O)NCCOc2ccc(Cl)cc2)c2cccc(Cl)c2)cc1. The zero-order valence-electron chi connectivity index (χ0n) is 17.7.